The predicted molar refractivity (Wildman–Crippen MR) is 115 cm³/mol. The van der Waals surface area contributed by atoms with E-state index in [1.165, 1.54) is 31.2 Å². The Morgan fingerprint density at radius 1 is 1.20 bits per heavy atom. The minimum absolute atomic E-state index is 0.134. The van der Waals surface area contributed by atoms with Crippen molar-refractivity contribution in [1.82, 2.24) is 10.5 Å². The molecule has 1 aliphatic carbocycles. The van der Waals surface area contributed by atoms with Gasteiger partial charge < -0.3 is 9.47 Å². The summed E-state index contributed by atoms with van der Waals surface area (Å²) in [6.07, 6.45) is 20.6. The highest BCUT2D eigenvalue weighted by Crippen LogP contribution is 2.34. The number of nitrogens with zero attached hydrogens (tertiary/aromatic N) is 1. The number of hydrogen-bond donors (Lipinski definition) is 2. The van der Waals surface area contributed by atoms with Gasteiger partial charge >= 0.3 is 0 Å². The van der Waals surface area contributed by atoms with Gasteiger partial charge in [-0.3, -0.25) is 10.0 Å². The number of unbranched alkanes of at least 4 members (excludes halogenated alkanes) is 5. The van der Waals surface area contributed by atoms with Crippen molar-refractivity contribution in [2.24, 2.45) is 17.8 Å². The Kier molecular flexibility index (Phi) is 8.75. The normalized spacial score (nSPS) is 22.5. The monoisotopic (exact) mass is 414 g/mol. The van der Waals surface area contributed by atoms with Crippen molar-refractivity contribution >= 4 is 5.91 Å². The predicted octanol–water partition coefficient (Wildman–Crippen LogP) is 4.97. The summed E-state index contributed by atoms with van der Waals surface area (Å²) in [7, 11) is 0. The molecule has 0 radical (unpaired) electrons. The first-order chi connectivity index (χ1) is 14.7. The molecule has 0 saturated carbocycles. The van der Waals surface area contributed by atoms with Gasteiger partial charge in [0.05, 0.1) is 0 Å². The molecule has 2 N–H and O–H groups in total. The Bertz CT molecular complexity index is 747. The molecule has 30 heavy (non-hydrogen) atoms. The van der Waals surface area contributed by atoms with Gasteiger partial charge in [0.25, 0.3) is 5.88 Å². The van der Waals surface area contributed by atoms with Crippen molar-refractivity contribution < 1.29 is 19.5 Å². The van der Waals surface area contributed by atoms with Crippen molar-refractivity contribution in [3.8, 4) is 11.6 Å². The van der Waals surface area contributed by atoms with E-state index < -0.39 is 0 Å². The molecule has 1 aliphatic heterocycles. The number of carbonyl (C=O) groups is 1. The number of hydrogen-bond acceptors (Lipinski definition) is 5. The molecule has 3 unspecified atom stereocenters. The van der Waals surface area contributed by atoms with Gasteiger partial charge in [0, 0.05) is 17.7 Å². The average molecular weight is 415 g/mol. The second-order valence-electron chi connectivity index (χ2n) is 8.35. The van der Waals surface area contributed by atoms with E-state index in [4.69, 9.17) is 14.7 Å². The lowest BCUT2D eigenvalue weighted by atomic mass is 9.78. The summed E-state index contributed by atoms with van der Waals surface area (Å²) in [6, 6.07) is 2.03. The fourth-order valence-corrected chi connectivity index (χ4v) is 4.25. The van der Waals surface area contributed by atoms with E-state index in [9.17, 15) is 4.79 Å². The average Bonchev–Trinajstić information content (AvgIpc) is 3.25. The van der Waals surface area contributed by atoms with Crippen molar-refractivity contribution in [3.05, 3.63) is 42.1 Å². The summed E-state index contributed by atoms with van der Waals surface area (Å²) in [4.78, 5) is 15.9. The number of hydroxylamine groups is 1. The number of fused-ring (bicyclic) bond motifs is 1. The molecular formula is C24H34N2O4. The lowest BCUT2D eigenvalue weighted by Crippen LogP contribution is -2.34. The van der Waals surface area contributed by atoms with Crippen LogP contribution >= 0.6 is 0 Å². The zero-order valence-corrected chi connectivity index (χ0v) is 17.9. The van der Waals surface area contributed by atoms with E-state index in [1.54, 1.807) is 11.7 Å². The Hall–Kier alpha value is -2.34. The van der Waals surface area contributed by atoms with Crippen molar-refractivity contribution in [3.63, 3.8) is 0 Å². The number of aromatic nitrogens is 1. The molecule has 0 spiro atoms. The molecule has 2 heterocycles. The van der Waals surface area contributed by atoms with E-state index in [0.29, 0.717) is 11.8 Å². The van der Waals surface area contributed by atoms with Gasteiger partial charge in [0.1, 0.15) is 0 Å². The number of ether oxygens (including phenoxy) is 2. The minimum atomic E-state index is -0.269. The van der Waals surface area contributed by atoms with Crippen LogP contribution in [-0.4, -0.2) is 22.9 Å². The van der Waals surface area contributed by atoms with Crippen LogP contribution in [0, 0.1) is 17.8 Å². The molecule has 1 amide bonds. The quantitative estimate of drug-likeness (QED) is 0.231. The van der Waals surface area contributed by atoms with Crippen molar-refractivity contribution in [1.29, 1.82) is 0 Å². The standard InChI is InChI=1S/C24H34N2O4/c1-18-12-13-19(16-21(18)23(27)26-28)10-8-6-4-2-3-5-7-9-11-20-14-15-25-24-22(20)29-17-30-24/h6,8,12-15,18-19,21,28H,2-5,7,9-11,16-17H2,1H3,(H,26,27). The first-order valence-electron chi connectivity index (χ1n) is 11.2. The Labute approximate surface area is 179 Å². The van der Waals surface area contributed by atoms with Gasteiger partial charge in [-0.1, -0.05) is 50.5 Å². The van der Waals surface area contributed by atoms with Crippen molar-refractivity contribution in [2.75, 3.05) is 6.79 Å². The maximum Gasteiger partial charge on any atom is 0.260 e. The third kappa shape index (κ3) is 6.33. The summed E-state index contributed by atoms with van der Waals surface area (Å²) >= 11 is 0. The molecule has 3 rings (SSSR count). The number of rotatable bonds is 11. The van der Waals surface area contributed by atoms with Crippen LogP contribution in [0.4, 0.5) is 0 Å². The third-order valence-corrected chi connectivity index (χ3v) is 6.10. The Morgan fingerprint density at radius 3 is 2.90 bits per heavy atom. The topological polar surface area (TPSA) is 80.7 Å². The maximum absolute atomic E-state index is 11.7. The number of amides is 1. The van der Waals surface area contributed by atoms with Crippen LogP contribution < -0.4 is 15.0 Å². The highest BCUT2D eigenvalue weighted by molar-refractivity contribution is 5.78. The summed E-state index contributed by atoms with van der Waals surface area (Å²) in [5, 5.41) is 8.89. The number of allylic oxidation sites excluding steroid dienone is 4. The summed E-state index contributed by atoms with van der Waals surface area (Å²) < 4.78 is 10.8. The van der Waals surface area contributed by atoms with Gasteiger partial charge in [-0.2, -0.15) is 0 Å². The number of nitrogens with one attached hydrogen (secondary N) is 1. The maximum atomic E-state index is 11.7. The lowest BCUT2D eigenvalue weighted by molar-refractivity contribution is -0.135. The van der Waals surface area contributed by atoms with E-state index >= 15 is 0 Å². The summed E-state index contributed by atoms with van der Waals surface area (Å²) in [5.74, 6) is 1.61. The number of carbonyl (C=O) groups excluding carboxylic acids is 1. The second kappa shape index (κ2) is 11.7. The molecule has 6 nitrogen and oxygen atoms in total. The van der Waals surface area contributed by atoms with Crippen LogP contribution in [0.15, 0.2) is 36.6 Å². The van der Waals surface area contributed by atoms with E-state index in [-0.39, 0.29) is 24.5 Å². The van der Waals surface area contributed by atoms with E-state index in [0.717, 1.165) is 37.9 Å². The first-order valence-corrected chi connectivity index (χ1v) is 11.2. The Morgan fingerprint density at radius 2 is 2.03 bits per heavy atom. The van der Waals surface area contributed by atoms with Crippen LogP contribution in [-0.2, 0) is 11.2 Å². The largest absolute Gasteiger partial charge is 0.451 e. The zero-order valence-electron chi connectivity index (χ0n) is 17.9. The molecule has 2 aliphatic rings. The van der Waals surface area contributed by atoms with Crippen LogP contribution in [0.3, 0.4) is 0 Å². The fraction of sp³-hybridized carbons (Fsp3) is 0.583. The van der Waals surface area contributed by atoms with Crippen LogP contribution in [0.25, 0.3) is 0 Å². The third-order valence-electron chi connectivity index (χ3n) is 6.10. The van der Waals surface area contributed by atoms with Crippen molar-refractivity contribution in [2.45, 2.75) is 64.7 Å². The summed E-state index contributed by atoms with van der Waals surface area (Å²) in [5.41, 5.74) is 3.00. The molecule has 0 aromatic carbocycles. The van der Waals surface area contributed by atoms with Crippen LogP contribution in [0.5, 0.6) is 11.6 Å². The van der Waals surface area contributed by atoms with Gasteiger partial charge in [-0.05, 0) is 56.4 Å². The van der Waals surface area contributed by atoms with Crippen LogP contribution in [0.2, 0.25) is 0 Å². The summed E-state index contributed by atoms with van der Waals surface area (Å²) in [6.45, 7) is 2.30. The fourth-order valence-electron chi connectivity index (χ4n) is 4.25. The molecule has 6 heteroatoms. The van der Waals surface area contributed by atoms with E-state index in [2.05, 4.69) is 29.3 Å². The molecule has 1 aromatic rings. The molecule has 0 fully saturated rings. The first kappa shape index (κ1) is 22.3. The molecule has 0 saturated heterocycles. The number of pyridine rings is 1. The molecule has 3 atom stereocenters. The van der Waals surface area contributed by atoms with E-state index in [1.807, 2.05) is 13.0 Å². The highest BCUT2D eigenvalue weighted by atomic mass is 16.7. The molecular weight excluding hydrogens is 380 g/mol. The zero-order chi connectivity index (χ0) is 21.2. The van der Waals surface area contributed by atoms with Crippen LogP contribution in [0.1, 0.15) is 63.9 Å². The van der Waals surface area contributed by atoms with Gasteiger partial charge in [0.2, 0.25) is 12.7 Å². The smallest absolute Gasteiger partial charge is 0.260 e. The highest BCUT2D eigenvalue weighted by Gasteiger charge is 2.28. The lowest BCUT2D eigenvalue weighted by Gasteiger charge is -2.27. The van der Waals surface area contributed by atoms with Gasteiger partial charge in [0.15, 0.2) is 5.75 Å². The molecule has 0 bridgehead atoms. The van der Waals surface area contributed by atoms with Gasteiger partial charge in [-0.25, -0.2) is 10.5 Å². The Balaban J connectivity index is 1.23. The van der Waals surface area contributed by atoms with Gasteiger partial charge in [-0.15, -0.1) is 0 Å². The molecule has 1 aromatic heterocycles. The SMILES string of the molecule is CC1C=CC(CC=CCCCCCCCc2ccnc3c2OCO3)CC1C(=O)NO. The minimum Gasteiger partial charge on any atom is -0.451 e. The second-order valence-corrected chi connectivity index (χ2v) is 8.35. The molecule has 164 valence electrons. The number of aryl methyl sites for hydroxylation is 1.